The Hall–Kier alpha value is -0.740. The highest BCUT2D eigenvalue weighted by Crippen LogP contribution is 2.30. The lowest BCUT2D eigenvalue weighted by atomic mass is 10.1. The van der Waals surface area contributed by atoms with Gasteiger partial charge in [0.25, 0.3) is 0 Å². The quantitative estimate of drug-likeness (QED) is 0.885. The van der Waals surface area contributed by atoms with Gasteiger partial charge in [-0.25, -0.2) is 0 Å². The zero-order chi connectivity index (χ0) is 14.0. The van der Waals surface area contributed by atoms with E-state index in [4.69, 9.17) is 28.9 Å². The molecule has 0 saturated carbocycles. The first-order chi connectivity index (χ1) is 8.97. The normalized spacial score (nSPS) is 12.5. The van der Waals surface area contributed by atoms with Crippen molar-refractivity contribution in [3.8, 4) is 0 Å². The Morgan fingerprint density at radius 2 is 2.00 bits per heavy atom. The molecule has 1 aromatic heterocycles. The molecule has 0 aliphatic rings. The van der Waals surface area contributed by atoms with Crippen molar-refractivity contribution in [1.82, 2.24) is 0 Å². The smallest absolute Gasteiger partial charge is 0.0931 e. The maximum absolute atomic E-state index is 6.32. The molecule has 2 rings (SSSR count). The van der Waals surface area contributed by atoms with Crippen molar-refractivity contribution in [2.45, 2.75) is 19.5 Å². The molecule has 0 spiro atoms. The van der Waals surface area contributed by atoms with Crippen LogP contribution in [0.4, 0.5) is 5.69 Å². The van der Waals surface area contributed by atoms with E-state index in [1.165, 1.54) is 4.88 Å². The third kappa shape index (κ3) is 3.63. The second-order valence-electron chi connectivity index (χ2n) is 4.56. The largest absolute Gasteiger partial charge is 0.368 e. The van der Waals surface area contributed by atoms with Crippen molar-refractivity contribution in [3.05, 3.63) is 50.1 Å². The fourth-order valence-electron chi connectivity index (χ4n) is 1.87. The maximum Gasteiger partial charge on any atom is 0.0931 e. The second-order valence-corrected chi connectivity index (χ2v) is 6.77. The first-order valence-corrected chi connectivity index (χ1v) is 7.55. The third-order valence-corrected chi connectivity index (χ3v) is 4.45. The van der Waals surface area contributed by atoms with E-state index in [1.54, 1.807) is 11.3 Å². The molecule has 0 bridgehead atoms. The lowest BCUT2D eigenvalue weighted by molar-refractivity contribution is 0.817. The Kier molecular flexibility index (Phi) is 4.74. The molecule has 2 N–H and O–H groups in total. The van der Waals surface area contributed by atoms with Gasteiger partial charge in [-0.2, -0.15) is 0 Å². The first-order valence-electron chi connectivity index (χ1n) is 5.97. The monoisotopic (exact) mass is 314 g/mol. The van der Waals surface area contributed by atoms with E-state index in [2.05, 4.69) is 4.90 Å². The lowest BCUT2D eigenvalue weighted by Gasteiger charge is -2.21. The molecule has 2 nitrogen and oxygen atoms in total. The number of nitrogens with two attached hydrogens (primary N) is 1. The first kappa shape index (κ1) is 14.7. The number of benzene rings is 1. The van der Waals surface area contributed by atoms with Gasteiger partial charge < -0.3 is 10.6 Å². The van der Waals surface area contributed by atoms with E-state index in [-0.39, 0.29) is 6.04 Å². The zero-order valence-electron chi connectivity index (χ0n) is 10.9. The van der Waals surface area contributed by atoms with Gasteiger partial charge in [0.2, 0.25) is 0 Å². The van der Waals surface area contributed by atoms with Crippen molar-refractivity contribution in [2.75, 3.05) is 11.9 Å². The number of anilines is 1. The minimum Gasteiger partial charge on any atom is -0.368 e. The van der Waals surface area contributed by atoms with Gasteiger partial charge in [-0.3, -0.25) is 0 Å². The van der Waals surface area contributed by atoms with Crippen molar-refractivity contribution >= 4 is 40.2 Å². The number of nitrogens with zero attached hydrogens (tertiary/aromatic N) is 1. The second kappa shape index (κ2) is 6.14. The summed E-state index contributed by atoms with van der Waals surface area (Å²) in [7, 11) is 2.01. The summed E-state index contributed by atoms with van der Waals surface area (Å²) in [4.78, 5) is 3.31. The van der Waals surface area contributed by atoms with Crippen LogP contribution in [0.15, 0.2) is 30.3 Å². The van der Waals surface area contributed by atoms with Crippen LogP contribution in [0.3, 0.4) is 0 Å². The van der Waals surface area contributed by atoms with E-state index in [0.29, 0.717) is 0 Å². The number of rotatable bonds is 4. The van der Waals surface area contributed by atoms with E-state index < -0.39 is 0 Å². The molecule has 0 fully saturated rings. The molecule has 1 unspecified atom stereocenters. The molecule has 0 amide bonds. The third-order valence-electron chi connectivity index (χ3n) is 2.93. The topological polar surface area (TPSA) is 29.3 Å². The van der Waals surface area contributed by atoms with Gasteiger partial charge in [0.05, 0.1) is 21.6 Å². The van der Waals surface area contributed by atoms with E-state index in [1.807, 2.05) is 44.3 Å². The molecule has 0 saturated heterocycles. The van der Waals surface area contributed by atoms with Crippen LogP contribution < -0.4 is 10.6 Å². The van der Waals surface area contributed by atoms with Gasteiger partial charge in [0.1, 0.15) is 0 Å². The van der Waals surface area contributed by atoms with E-state index in [0.717, 1.165) is 27.2 Å². The molecule has 0 aliphatic carbocycles. The van der Waals surface area contributed by atoms with Gasteiger partial charge in [0.15, 0.2) is 0 Å². The molecule has 0 aliphatic heterocycles. The van der Waals surface area contributed by atoms with E-state index in [9.17, 15) is 0 Å². The van der Waals surface area contributed by atoms with Crippen molar-refractivity contribution in [2.24, 2.45) is 5.73 Å². The molecule has 2 aromatic rings. The van der Waals surface area contributed by atoms with Crippen molar-refractivity contribution < 1.29 is 0 Å². The molecule has 0 radical (unpaired) electrons. The van der Waals surface area contributed by atoms with Gasteiger partial charge in [-0.1, -0.05) is 29.3 Å². The highest BCUT2D eigenvalue weighted by molar-refractivity contribution is 7.16. The Labute approximate surface area is 127 Å². The molecule has 1 atom stereocenters. The average Bonchev–Trinajstić information content (AvgIpc) is 2.74. The highest BCUT2D eigenvalue weighted by Gasteiger charge is 2.10. The van der Waals surface area contributed by atoms with Crippen LogP contribution in [0.5, 0.6) is 0 Å². The molecule has 1 heterocycles. The Balaban J connectivity index is 2.17. The molecular formula is C14H16Cl2N2S. The van der Waals surface area contributed by atoms with Crippen molar-refractivity contribution in [1.29, 1.82) is 0 Å². The van der Waals surface area contributed by atoms with Crippen LogP contribution >= 0.6 is 34.5 Å². The van der Waals surface area contributed by atoms with Crippen molar-refractivity contribution in [3.63, 3.8) is 0 Å². The van der Waals surface area contributed by atoms with Crippen LogP contribution in [-0.4, -0.2) is 7.05 Å². The van der Waals surface area contributed by atoms with Gasteiger partial charge >= 0.3 is 0 Å². The van der Waals surface area contributed by atoms with Gasteiger partial charge in [-0.05, 0) is 36.8 Å². The SMILES string of the molecule is CC(N)c1ccc(N(C)Cc2ccc(Cl)s2)c(Cl)c1. The van der Waals surface area contributed by atoms with Gasteiger partial charge in [0, 0.05) is 18.0 Å². The van der Waals surface area contributed by atoms with Crippen LogP contribution in [0.25, 0.3) is 0 Å². The average molecular weight is 315 g/mol. The minimum atomic E-state index is -0.00652. The number of hydrogen-bond donors (Lipinski definition) is 1. The minimum absolute atomic E-state index is 0.00652. The lowest BCUT2D eigenvalue weighted by Crippen LogP contribution is -2.16. The van der Waals surface area contributed by atoms with Crippen LogP contribution in [0.1, 0.15) is 23.4 Å². The number of thiophene rings is 1. The summed E-state index contributed by atoms with van der Waals surface area (Å²) in [6.07, 6.45) is 0. The summed E-state index contributed by atoms with van der Waals surface area (Å²) in [6, 6.07) is 9.90. The molecule has 1 aromatic carbocycles. The molecule has 102 valence electrons. The zero-order valence-corrected chi connectivity index (χ0v) is 13.2. The standard InChI is InChI=1S/C14H16Cl2N2S/c1-9(17)10-3-5-13(12(15)7-10)18(2)8-11-4-6-14(16)19-11/h3-7,9H,8,17H2,1-2H3. The van der Waals surface area contributed by atoms with Gasteiger partial charge in [-0.15, -0.1) is 11.3 Å². The fourth-order valence-corrected chi connectivity index (χ4v) is 3.35. The molecule has 5 heteroatoms. The fraction of sp³-hybridized carbons (Fsp3) is 0.286. The molecular weight excluding hydrogens is 299 g/mol. The Morgan fingerprint density at radius 1 is 1.26 bits per heavy atom. The van der Waals surface area contributed by atoms with Crippen LogP contribution in [0.2, 0.25) is 9.36 Å². The molecule has 19 heavy (non-hydrogen) atoms. The highest BCUT2D eigenvalue weighted by atomic mass is 35.5. The van der Waals surface area contributed by atoms with E-state index >= 15 is 0 Å². The predicted molar refractivity (Wildman–Crippen MR) is 85.5 cm³/mol. The Bertz CT molecular complexity index is 566. The summed E-state index contributed by atoms with van der Waals surface area (Å²) in [5.41, 5.74) is 7.89. The predicted octanol–water partition coefficient (Wildman–Crippen LogP) is 4.71. The van der Waals surface area contributed by atoms with Crippen LogP contribution in [0, 0.1) is 0 Å². The summed E-state index contributed by atoms with van der Waals surface area (Å²) in [5.74, 6) is 0. The number of hydrogen-bond acceptors (Lipinski definition) is 3. The summed E-state index contributed by atoms with van der Waals surface area (Å²) < 4.78 is 0.807. The maximum atomic E-state index is 6.32. The van der Waals surface area contributed by atoms with Crippen LogP contribution in [-0.2, 0) is 6.54 Å². The number of halogens is 2. The summed E-state index contributed by atoms with van der Waals surface area (Å²) in [6.45, 7) is 2.73. The summed E-state index contributed by atoms with van der Waals surface area (Å²) in [5, 5.41) is 0.722. The summed E-state index contributed by atoms with van der Waals surface area (Å²) >= 11 is 13.8. The Morgan fingerprint density at radius 3 is 2.53 bits per heavy atom.